The average Bonchev–Trinajstić information content (AvgIpc) is 2.59. The second-order valence-electron chi connectivity index (χ2n) is 5.86. The third-order valence-corrected chi connectivity index (χ3v) is 4.13. The number of benzene rings is 1. The number of amides is 2. The van der Waals surface area contributed by atoms with E-state index in [0.29, 0.717) is 50.4 Å². The van der Waals surface area contributed by atoms with Gasteiger partial charge in [0, 0.05) is 31.5 Å². The molecule has 0 radical (unpaired) electrons. The number of likely N-dealkylation sites (tertiary alicyclic amines) is 1. The lowest BCUT2D eigenvalue weighted by Gasteiger charge is -2.30. The summed E-state index contributed by atoms with van der Waals surface area (Å²) in [6.45, 7) is 3.60. The largest absolute Gasteiger partial charge is 0.492 e. The number of hydrogen-bond donors (Lipinski definition) is 3. The highest BCUT2D eigenvalue weighted by Crippen LogP contribution is 2.17. The molecule has 2 amide bonds. The fraction of sp³-hybridized carbons (Fsp3) is 0.471. The summed E-state index contributed by atoms with van der Waals surface area (Å²) in [5, 5.41) is 10.3. The van der Waals surface area contributed by atoms with Crippen molar-refractivity contribution in [2.24, 2.45) is 11.7 Å². The van der Waals surface area contributed by atoms with Gasteiger partial charge < -0.3 is 20.7 Å². The normalized spacial score (nSPS) is 15.0. The van der Waals surface area contributed by atoms with Crippen LogP contribution in [0.2, 0.25) is 0 Å². The van der Waals surface area contributed by atoms with Gasteiger partial charge in [-0.15, -0.1) is 0 Å². The van der Waals surface area contributed by atoms with Crippen LogP contribution in [0, 0.1) is 11.3 Å². The number of nitrogens with one attached hydrogen (secondary N) is 2. The summed E-state index contributed by atoms with van der Waals surface area (Å²) >= 11 is 0. The topological polar surface area (TPSA) is 109 Å². The second kappa shape index (κ2) is 8.33. The Kier molecular flexibility index (Phi) is 6.17. The number of rotatable bonds is 6. The zero-order chi connectivity index (χ0) is 17.5. The number of carbonyl (C=O) groups excluding carboxylic acids is 2. The Labute approximate surface area is 141 Å². The summed E-state index contributed by atoms with van der Waals surface area (Å²) < 4.78 is 5.56. The van der Waals surface area contributed by atoms with E-state index < -0.39 is 0 Å². The second-order valence-corrected chi connectivity index (χ2v) is 5.86. The molecular weight excluding hydrogens is 308 g/mol. The van der Waals surface area contributed by atoms with Crippen molar-refractivity contribution >= 4 is 17.6 Å². The minimum Gasteiger partial charge on any atom is -0.492 e. The van der Waals surface area contributed by atoms with Crippen molar-refractivity contribution in [3.63, 3.8) is 0 Å². The summed E-state index contributed by atoms with van der Waals surface area (Å²) in [7, 11) is 0. The molecular formula is C17H24N4O3. The molecule has 24 heavy (non-hydrogen) atoms. The van der Waals surface area contributed by atoms with E-state index in [1.54, 1.807) is 36.1 Å². The Morgan fingerprint density at radius 1 is 1.38 bits per heavy atom. The first-order chi connectivity index (χ1) is 11.5. The van der Waals surface area contributed by atoms with Gasteiger partial charge in [0.1, 0.15) is 18.2 Å². The SMILES string of the molecule is CC(=O)N1CCC(C(=O)NCCOc2cccc(C(=N)N)c2)CC1. The zero-order valence-corrected chi connectivity index (χ0v) is 13.9. The van der Waals surface area contributed by atoms with Crippen molar-refractivity contribution in [1.29, 1.82) is 5.41 Å². The molecule has 0 bridgehead atoms. The van der Waals surface area contributed by atoms with Gasteiger partial charge in [0.25, 0.3) is 0 Å². The van der Waals surface area contributed by atoms with Crippen LogP contribution < -0.4 is 15.8 Å². The molecule has 7 heteroatoms. The standard InChI is InChI=1S/C17H24N4O3/c1-12(22)21-8-5-13(6-9-21)17(23)20-7-10-24-15-4-2-3-14(11-15)16(18)19/h2-4,11,13H,5-10H2,1H3,(H3,18,19)(H,20,23). The number of ether oxygens (including phenoxy) is 1. The van der Waals surface area contributed by atoms with Crippen LogP contribution in [0.1, 0.15) is 25.3 Å². The van der Waals surface area contributed by atoms with E-state index in [2.05, 4.69) is 5.32 Å². The highest BCUT2D eigenvalue weighted by molar-refractivity contribution is 5.95. The number of nitrogen functional groups attached to an aromatic ring is 1. The molecule has 1 aromatic carbocycles. The maximum Gasteiger partial charge on any atom is 0.223 e. The van der Waals surface area contributed by atoms with Gasteiger partial charge in [-0.1, -0.05) is 12.1 Å². The molecule has 1 aliphatic heterocycles. The molecule has 0 aromatic heterocycles. The maximum atomic E-state index is 12.1. The number of carbonyl (C=O) groups is 2. The van der Waals surface area contributed by atoms with Crippen LogP contribution in [0.4, 0.5) is 0 Å². The molecule has 1 heterocycles. The lowest BCUT2D eigenvalue weighted by Crippen LogP contribution is -2.42. The quantitative estimate of drug-likeness (QED) is 0.405. The monoisotopic (exact) mass is 332 g/mol. The van der Waals surface area contributed by atoms with E-state index in [9.17, 15) is 9.59 Å². The molecule has 1 aliphatic rings. The lowest BCUT2D eigenvalue weighted by molar-refractivity contribution is -0.133. The number of nitrogens with zero attached hydrogens (tertiary/aromatic N) is 1. The Morgan fingerprint density at radius 3 is 2.71 bits per heavy atom. The molecule has 1 saturated heterocycles. The summed E-state index contributed by atoms with van der Waals surface area (Å²) in [4.78, 5) is 25.2. The molecule has 0 saturated carbocycles. The van der Waals surface area contributed by atoms with Crippen molar-refractivity contribution in [2.75, 3.05) is 26.2 Å². The number of amidine groups is 1. The highest BCUT2D eigenvalue weighted by atomic mass is 16.5. The third kappa shape index (κ3) is 4.97. The number of hydrogen-bond acceptors (Lipinski definition) is 4. The third-order valence-electron chi connectivity index (χ3n) is 4.13. The van der Waals surface area contributed by atoms with Crippen LogP contribution in [-0.4, -0.2) is 48.8 Å². The van der Waals surface area contributed by atoms with E-state index >= 15 is 0 Å². The molecule has 7 nitrogen and oxygen atoms in total. The Hall–Kier alpha value is -2.57. The van der Waals surface area contributed by atoms with E-state index in [1.807, 2.05) is 0 Å². The molecule has 130 valence electrons. The molecule has 0 atom stereocenters. The van der Waals surface area contributed by atoms with Gasteiger partial charge in [-0.2, -0.15) is 0 Å². The van der Waals surface area contributed by atoms with Crippen molar-refractivity contribution in [3.8, 4) is 5.75 Å². The average molecular weight is 332 g/mol. The predicted octanol–water partition coefficient (Wildman–Crippen LogP) is 0.724. The predicted molar refractivity (Wildman–Crippen MR) is 90.9 cm³/mol. The molecule has 1 aromatic rings. The fourth-order valence-electron chi connectivity index (χ4n) is 2.70. The Bertz CT molecular complexity index is 610. The first kappa shape index (κ1) is 17.8. The van der Waals surface area contributed by atoms with E-state index in [4.69, 9.17) is 15.9 Å². The Balaban J connectivity index is 1.69. The number of piperidine rings is 1. The van der Waals surface area contributed by atoms with Gasteiger partial charge in [0.05, 0.1) is 6.54 Å². The Morgan fingerprint density at radius 2 is 2.08 bits per heavy atom. The first-order valence-corrected chi connectivity index (χ1v) is 8.08. The van der Waals surface area contributed by atoms with Gasteiger partial charge in [0.2, 0.25) is 11.8 Å². The smallest absolute Gasteiger partial charge is 0.223 e. The minimum absolute atomic E-state index is 0.00865. The van der Waals surface area contributed by atoms with E-state index in [1.165, 1.54) is 0 Å². The fourth-order valence-corrected chi connectivity index (χ4v) is 2.70. The first-order valence-electron chi connectivity index (χ1n) is 8.08. The molecule has 1 fully saturated rings. The summed E-state index contributed by atoms with van der Waals surface area (Å²) in [6, 6.07) is 6.99. The molecule has 4 N–H and O–H groups in total. The van der Waals surface area contributed by atoms with Gasteiger partial charge in [0.15, 0.2) is 0 Å². The van der Waals surface area contributed by atoms with E-state index in [-0.39, 0.29) is 23.6 Å². The molecule has 0 aliphatic carbocycles. The van der Waals surface area contributed by atoms with Gasteiger partial charge >= 0.3 is 0 Å². The molecule has 0 spiro atoms. The zero-order valence-electron chi connectivity index (χ0n) is 13.9. The highest BCUT2D eigenvalue weighted by Gasteiger charge is 2.25. The van der Waals surface area contributed by atoms with Crippen LogP contribution in [0.15, 0.2) is 24.3 Å². The van der Waals surface area contributed by atoms with Crippen LogP contribution >= 0.6 is 0 Å². The van der Waals surface area contributed by atoms with Crippen LogP contribution in [0.3, 0.4) is 0 Å². The minimum atomic E-state index is -0.0401. The van der Waals surface area contributed by atoms with Gasteiger partial charge in [-0.05, 0) is 25.0 Å². The van der Waals surface area contributed by atoms with Crippen molar-refractivity contribution in [1.82, 2.24) is 10.2 Å². The lowest BCUT2D eigenvalue weighted by atomic mass is 9.96. The molecule has 2 rings (SSSR count). The summed E-state index contributed by atoms with van der Waals surface area (Å²) in [6.07, 6.45) is 1.40. The molecule has 0 unspecified atom stereocenters. The van der Waals surface area contributed by atoms with Crippen molar-refractivity contribution in [2.45, 2.75) is 19.8 Å². The van der Waals surface area contributed by atoms with Crippen molar-refractivity contribution < 1.29 is 14.3 Å². The van der Waals surface area contributed by atoms with Crippen molar-refractivity contribution in [3.05, 3.63) is 29.8 Å². The maximum absolute atomic E-state index is 12.1. The summed E-state index contributed by atoms with van der Waals surface area (Å²) in [5.41, 5.74) is 6.04. The van der Waals surface area contributed by atoms with E-state index in [0.717, 1.165) is 0 Å². The van der Waals surface area contributed by atoms with Crippen LogP contribution in [0.5, 0.6) is 5.75 Å². The van der Waals surface area contributed by atoms with Crippen LogP contribution in [0.25, 0.3) is 0 Å². The van der Waals surface area contributed by atoms with Gasteiger partial charge in [-0.25, -0.2) is 0 Å². The van der Waals surface area contributed by atoms with Gasteiger partial charge in [-0.3, -0.25) is 15.0 Å². The van der Waals surface area contributed by atoms with Crippen LogP contribution in [-0.2, 0) is 9.59 Å². The number of nitrogens with two attached hydrogens (primary N) is 1. The summed E-state index contributed by atoms with van der Waals surface area (Å²) in [5.74, 6) is 0.647.